The van der Waals surface area contributed by atoms with Crippen LogP contribution in [0.5, 0.6) is 0 Å². The second-order valence-electron chi connectivity index (χ2n) is 7.07. The molecule has 6 nitrogen and oxygen atoms in total. The van der Waals surface area contributed by atoms with E-state index >= 15 is 0 Å². The molecule has 23 heavy (non-hydrogen) atoms. The largest absolute Gasteiger partial charge is 0.370 e. The molecule has 2 fully saturated rings. The molecule has 0 amide bonds. The average Bonchev–Trinajstić information content (AvgIpc) is 2.99. The Labute approximate surface area is 139 Å². The lowest BCUT2D eigenvalue weighted by molar-refractivity contribution is 0.312. The van der Waals surface area contributed by atoms with Crippen molar-refractivity contribution in [1.29, 1.82) is 0 Å². The Hall–Kier alpha value is -1.40. The Balaban J connectivity index is 1.46. The average molecular weight is 318 g/mol. The summed E-state index contributed by atoms with van der Waals surface area (Å²) in [5.41, 5.74) is 0. The van der Waals surface area contributed by atoms with Gasteiger partial charge in [-0.3, -0.25) is 0 Å². The summed E-state index contributed by atoms with van der Waals surface area (Å²) < 4.78 is 0. The third kappa shape index (κ3) is 4.78. The molecule has 0 spiro atoms. The van der Waals surface area contributed by atoms with Crippen molar-refractivity contribution in [3.63, 3.8) is 0 Å². The molecular weight excluding hydrogens is 288 g/mol. The van der Waals surface area contributed by atoms with Crippen molar-refractivity contribution in [3.8, 4) is 0 Å². The highest BCUT2D eigenvalue weighted by atomic mass is 15.2. The van der Waals surface area contributed by atoms with Gasteiger partial charge in [0.1, 0.15) is 18.0 Å². The summed E-state index contributed by atoms with van der Waals surface area (Å²) in [6.07, 6.45) is 7.99. The molecule has 1 aromatic rings. The monoisotopic (exact) mass is 318 g/mol. The van der Waals surface area contributed by atoms with E-state index in [1.54, 1.807) is 6.33 Å². The minimum atomic E-state index is 0.500. The topological polar surface area (TPSA) is 65.1 Å². The van der Waals surface area contributed by atoms with E-state index in [9.17, 15) is 0 Å². The molecule has 1 saturated heterocycles. The van der Waals surface area contributed by atoms with Crippen LogP contribution < -0.4 is 16.0 Å². The quantitative estimate of drug-likeness (QED) is 0.743. The molecule has 3 N–H and O–H groups in total. The van der Waals surface area contributed by atoms with Gasteiger partial charge < -0.3 is 20.9 Å². The predicted molar refractivity (Wildman–Crippen MR) is 94.9 cm³/mol. The van der Waals surface area contributed by atoms with Gasteiger partial charge in [-0.15, -0.1) is 0 Å². The zero-order valence-electron chi connectivity index (χ0n) is 14.4. The summed E-state index contributed by atoms with van der Waals surface area (Å²) in [5.74, 6) is 2.63. The van der Waals surface area contributed by atoms with Crippen molar-refractivity contribution in [3.05, 3.63) is 12.4 Å². The molecule has 128 valence electrons. The maximum atomic E-state index is 4.36. The van der Waals surface area contributed by atoms with Gasteiger partial charge in [-0.05, 0) is 58.7 Å². The zero-order valence-corrected chi connectivity index (χ0v) is 14.4. The van der Waals surface area contributed by atoms with Crippen LogP contribution in [0.4, 0.5) is 11.6 Å². The van der Waals surface area contributed by atoms with Gasteiger partial charge in [0.25, 0.3) is 0 Å². The number of likely N-dealkylation sites (tertiary alicyclic amines) is 1. The summed E-state index contributed by atoms with van der Waals surface area (Å²) in [6.45, 7) is 3.25. The number of likely N-dealkylation sites (N-methyl/N-ethyl adjacent to an activating group) is 1. The Morgan fingerprint density at radius 3 is 2.57 bits per heavy atom. The summed E-state index contributed by atoms with van der Waals surface area (Å²) in [5, 5.41) is 10.4. The number of aromatic nitrogens is 2. The van der Waals surface area contributed by atoms with E-state index in [2.05, 4.69) is 44.9 Å². The van der Waals surface area contributed by atoms with Crippen molar-refractivity contribution in [2.24, 2.45) is 5.92 Å². The Kier molecular flexibility index (Phi) is 5.67. The lowest BCUT2D eigenvalue weighted by Gasteiger charge is -2.28. The van der Waals surface area contributed by atoms with Gasteiger partial charge in [-0.2, -0.15) is 0 Å². The summed E-state index contributed by atoms with van der Waals surface area (Å²) in [4.78, 5) is 11.1. The number of nitrogens with zero attached hydrogens (tertiary/aromatic N) is 3. The number of hydrogen-bond acceptors (Lipinski definition) is 6. The number of anilines is 2. The smallest absolute Gasteiger partial charge is 0.131 e. The van der Waals surface area contributed by atoms with Gasteiger partial charge in [0.15, 0.2) is 0 Å². The third-order valence-corrected chi connectivity index (χ3v) is 5.24. The van der Waals surface area contributed by atoms with Crippen LogP contribution in [-0.2, 0) is 0 Å². The van der Waals surface area contributed by atoms with E-state index in [0.717, 1.165) is 37.2 Å². The van der Waals surface area contributed by atoms with Gasteiger partial charge in [-0.25, -0.2) is 9.97 Å². The van der Waals surface area contributed by atoms with E-state index < -0.39 is 0 Å². The first-order valence-electron chi connectivity index (χ1n) is 8.91. The fourth-order valence-electron chi connectivity index (χ4n) is 3.70. The molecule has 1 aliphatic carbocycles. The van der Waals surface area contributed by atoms with Crippen LogP contribution in [-0.4, -0.2) is 60.7 Å². The Morgan fingerprint density at radius 2 is 1.87 bits per heavy atom. The van der Waals surface area contributed by atoms with Crippen molar-refractivity contribution < 1.29 is 0 Å². The number of rotatable bonds is 6. The standard InChI is InChI=1S/C17H30N6/c1-18-14-5-3-13(4-6-14)10-19-16-9-17(21-12-20-16)22-15-7-8-23(2)11-15/h9,12-15,18H,3-8,10-11H2,1-2H3,(H2,19,20,21,22)/t13?,14?,15-/m1/s1. The Morgan fingerprint density at radius 1 is 1.09 bits per heavy atom. The normalized spacial score (nSPS) is 28.7. The van der Waals surface area contributed by atoms with Crippen LogP contribution in [0.2, 0.25) is 0 Å². The highest BCUT2D eigenvalue weighted by Crippen LogP contribution is 2.24. The van der Waals surface area contributed by atoms with E-state index in [1.165, 1.54) is 32.1 Å². The van der Waals surface area contributed by atoms with Gasteiger partial charge >= 0.3 is 0 Å². The molecule has 0 aromatic carbocycles. The molecule has 1 aliphatic heterocycles. The van der Waals surface area contributed by atoms with Crippen molar-refractivity contribution in [2.75, 3.05) is 44.4 Å². The molecule has 0 bridgehead atoms. The van der Waals surface area contributed by atoms with Gasteiger partial charge in [-0.1, -0.05) is 0 Å². The SMILES string of the molecule is CNC1CCC(CNc2cc(N[C@@H]3CCN(C)C3)ncn2)CC1. The fourth-order valence-corrected chi connectivity index (χ4v) is 3.70. The minimum Gasteiger partial charge on any atom is -0.370 e. The van der Waals surface area contributed by atoms with E-state index in [-0.39, 0.29) is 0 Å². The fraction of sp³-hybridized carbons (Fsp3) is 0.765. The third-order valence-electron chi connectivity index (χ3n) is 5.24. The molecule has 1 aromatic heterocycles. The second kappa shape index (κ2) is 7.93. The first kappa shape index (κ1) is 16.5. The van der Waals surface area contributed by atoms with Crippen LogP contribution in [0.25, 0.3) is 0 Å². The van der Waals surface area contributed by atoms with Crippen LogP contribution in [0.3, 0.4) is 0 Å². The van der Waals surface area contributed by atoms with Crippen LogP contribution in [0, 0.1) is 5.92 Å². The molecule has 1 saturated carbocycles. The highest BCUT2D eigenvalue weighted by Gasteiger charge is 2.21. The van der Waals surface area contributed by atoms with E-state index in [4.69, 9.17) is 0 Å². The maximum Gasteiger partial charge on any atom is 0.131 e. The first-order chi connectivity index (χ1) is 11.2. The summed E-state index contributed by atoms with van der Waals surface area (Å²) in [7, 11) is 4.23. The van der Waals surface area contributed by atoms with Gasteiger partial charge in [0.05, 0.1) is 0 Å². The number of hydrogen-bond donors (Lipinski definition) is 3. The van der Waals surface area contributed by atoms with E-state index in [0.29, 0.717) is 12.1 Å². The van der Waals surface area contributed by atoms with Gasteiger partial charge in [0, 0.05) is 31.2 Å². The van der Waals surface area contributed by atoms with Crippen molar-refractivity contribution in [2.45, 2.75) is 44.2 Å². The van der Waals surface area contributed by atoms with Crippen molar-refractivity contribution >= 4 is 11.6 Å². The molecule has 2 aliphatic rings. The molecule has 1 atom stereocenters. The predicted octanol–water partition coefficient (Wildman–Crippen LogP) is 1.78. The van der Waals surface area contributed by atoms with Crippen LogP contribution >= 0.6 is 0 Å². The second-order valence-corrected chi connectivity index (χ2v) is 7.07. The first-order valence-corrected chi connectivity index (χ1v) is 8.91. The van der Waals surface area contributed by atoms with Gasteiger partial charge in [0.2, 0.25) is 0 Å². The lowest BCUT2D eigenvalue weighted by atomic mass is 9.86. The molecule has 0 unspecified atom stereocenters. The molecule has 0 radical (unpaired) electrons. The highest BCUT2D eigenvalue weighted by molar-refractivity contribution is 5.47. The molecule has 2 heterocycles. The maximum absolute atomic E-state index is 4.36. The zero-order chi connectivity index (χ0) is 16.1. The summed E-state index contributed by atoms with van der Waals surface area (Å²) >= 11 is 0. The Bertz CT molecular complexity index is 486. The molecule has 3 rings (SSSR count). The minimum absolute atomic E-state index is 0.500. The molecule has 6 heteroatoms. The molecular formula is C17H30N6. The number of nitrogens with one attached hydrogen (secondary N) is 3. The van der Waals surface area contributed by atoms with Crippen molar-refractivity contribution in [1.82, 2.24) is 20.2 Å². The lowest BCUT2D eigenvalue weighted by Crippen LogP contribution is -2.32. The van der Waals surface area contributed by atoms with Crippen LogP contribution in [0.1, 0.15) is 32.1 Å². The van der Waals surface area contributed by atoms with Crippen LogP contribution in [0.15, 0.2) is 12.4 Å². The van der Waals surface area contributed by atoms with E-state index in [1.807, 2.05) is 6.07 Å². The summed E-state index contributed by atoms with van der Waals surface area (Å²) in [6, 6.07) is 3.25.